The van der Waals surface area contributed by atoms with Crippen molar-refractivity contribution in [2.24, 2.45) is 5.73 Å². The highest BCUT2D eigenvalue weighted by Gasteiger charge is 2.22. The van der Waals surface area contributed by atoms with Crippen LogP contribution in [-0.4, -0.2) is 27.5 Å². The van der Waals surface area contributed by atoms with Crippen molar-refractivity contribution in [1.29, 1.82) is 0 Å². The summed E-state index contributed by atoms with van der Waals surface area (Å²) in [6.45, 7) is 0.382. The van der Waals surface area contributed by atoms with Gasteiger partial charge in [-0.3, -0.25) is 9.36 Å². The summed E-state index contributed by atoms with van der Waals surface area (Å²) in [4.78, 5) is 26.7. The zero-order chi connectivity index (χ0) is 14.8. The zero-order valence-corrected chi connectivity index (χ0v) is 11.8. The average Bonchev–Trinajstić information content (AvgIpc) is 2.99. The normalized spacial score (nSPS) is 21.8. The predicted octanol–water partition coefficient (Wildman–Crippen LogP) is 0.716. The van der Waals surface area contributed by atoms with Crippen LogP contribution in [0.15, 0.2) is 29.1 Å². The molecule has 1 saturated carbocycles. The first-order chi connectivity index (χ1) is 10.1. The molecule has 1 heterocycles. The van der Waals surface area contributed by atoms with Crippen LogP contribution in [0.3, 0.4) is 0 Å². The molecule has 0 bridgehead atoms. The smallest absolute Gasteiger partial charge is 0.326 e. The van der Waals surface area contributed by atoms with Gasteiger partial charge in [0, 0.05) is 25.0 Å². The van der Waals surface area contributed by atoms with E-state index in [-0.39, 0.29) is 23.7 Å². The van der Waals surface area contributed by atoms with Crippen molar-refractivity contribution in [3.63, 3.8) is 0 Å². The molecule has 1 aromatic heterocycles. The van der Waals surface area contributed by atoms with E-state index in [1.54, 1.807) is 4.57 Å². The minimum Gasteiger partial charge on any atom is -0.353 e. The molecule has 1 aromatic carbocycles. The first kappa shape index (κ1) is 13.9. The predicted molar refractivity (Wildman–Crippen MR) is 80.9 cm³/mol. The number of amides is 1. The second-order valence-corrected chi connectivity index (χ2v) is 5.69. The SMILES string of the molecule is N[C@@H]1CC[C@@H](NC(=O)CCn2c(=O)[nH]c3ccccc32)C1. The van der Waals surface area contributed by atoms with Crippen molar-refractivity contribution in [2.45, 2.75) is 44.3 Å². The number of carbonyl (C=O) groups excluding carboxylic acids is 1. The molecule has 0 saturated heterocycles. The largest absolute Gasteiger partial charge is 0.353 e. The molecule has 1 aliphatic rings. The summed E-state index contributed by atoms with van der Waals surface area (Å²) in [6, 6.07) is 7.87. The summed E-state index contributed by atoms with van der Waals surface area (Å²) < 4.78 is 1.61. The summed E-state index contributed by atoms with van der Waals surface area (Å²) in [5.41, 5.74) is 7.29. The Hall–Kier alpha value is -2.08. The van der Waals surface area contributed by atoms with Crippen molar-refractivity contribution in [1.82, 2.24) is 14.9 Å². The van der Waals surface area contributed by atoms with Crippen LogP contribution in [0.2, 0.25) is 0 Å². The van der Waals surface area contributed by atoms with E-state index < -0.39 is 0 Å². The van der Waals surface area contributed by atoms with E-state index >= 15 is 0 Å². The maximum absolute atomic E-state index is 12.0. The molecule has 6 heteroatoms. The summed E-state index contributed by atoms with van der Waals surface area (Å²) >= 11 is 0. The van der Waals surface area contributed by atoms with E-state index in [1.807, 2.05) is 24.3 Å². The van der Waals surface area contributed by atoms with E-state index in [0.29, 0.717) is 13.0 Å². The van der Waals surface area contributed by atoms with Gasteiger partial charge in [-0.25, -0.2) is 4.79 Å². The van der Waals surface area contributed by atoms with Crippen molar-refractivity contribution in [2.75, 3.05) is 0 Å². The summed E-state index contributed by atoms with van der Waals surface area (Å²) in [7, 11) is 0. The Bertz CT molecular complexity index is 703. The quantitative estimate of drug-likeness (QED) is 0.773. The molecule has 0 aliphatic heterocycles. The van der Waals surface area contributed by atoms with Crippen molar-refractivity contribution in [3.8, 4) is 0 Å². The van der Waals surface area contributed by atoms with Crippen LogP contribution in [0.1, 0.15) is 25.7 Å². The maximum atomic E-state index is 12.0. The van der Waals surface area contributed by atoms with Crippen LogP contribution in [0.4, 0.5) is 0 Å². The first-order valence-corrected chi connectivity index (χ1v) is 7.36. The van der Waals surface area contributed by atoms with Gasteiger partial charge in [-0.15, -0.1) is 0 Å². The lowest BCUT2D eigenvalue weighted by Gasteiger charge is -2.12. The first-order valence-electron chi connectivity index (χ1n) is 7.36. The number of aromatic amines is 1. The van der Waals surface area contributed by atoms with Gasteiger partial charge in [-0.05, 0) is 31.4 Å². The number of aryl methyl sites for hydroxylation is 1. The molecule has 1 fully saturated rings. The number of rotatable bonds is 4. The van der Waals surface area contributed by atoms with Gasteiger partial charge in [-0.2, -0.15) is 0 Å². The number of para-hydroxylation sites is 2. The van der Waals surface area contributed by atoms with Crippen molar-refractivity contribution in [3.05, 3.63) is 34.7 Å². The minimum atomic E-state index is -0.174. The third-order valence-corrected chi connectivity index (χ3v) is 4.08. The van der Waals surface area contributed by atoms with Crippen LogP contribution in [0.5, 0.6) is 0 Å². The molecule has 2 atom stereocenters. The monoisotopic (exact) mass is 288 g/mol. The molecule has 0 unspecified atom stereocenters. The van der Waals surface area contributed by atoms with Gasteiger partial charge in [0.15, 0.2) is 0 Å². The van der Waals surface area contributed by atoms with Gasteiger partial charge in [-0.1, -0.05) is 12.1 Å². The Morgan fingerprint density at radius 3 is 2.95 bits per heavy atom. The Kier molecular flexibility index (Phi) is 3.79. The number of nitrogens with two attached hydrogens (primary N) is 1. The fraction of sp³-hybridized carbons (Fsp3) is 0.467. The van der Waals surface area contributed by atoms with E-state index in [2.05, 4.69) is 10.3 Å². The maximum Gasteiger partial charge on any atom is 0.326 e. The molecule has 6 nitrogen and oxygen atoms in total. The highest BCUT2D eigenvalue weighted by Crippen LogP contribution is 2.17. The fourth-order valence-electron chi connectivity index (χ4n) is 2.99. The number of H-pyrrole nitrogens is 1. The lowest BCUT2D eigenvalue weighted by atomic mass is 10.2. The van der Waals surface area contributed by atoms with Crippen molar-refractivity contribution >= 4 is 16.9 Å². The number of imidazole rings is 1. The fourth-order valence-corrected chi connectivity index (χ4v) is 2.99. The van der Waals surface area contributed by atoms with Gasteiger partial charge >= 0.3 is 5.69 Å². The molecule has 112 valence electrons. The standard InChI is InChI=1S/C15H20N4O2/c16-10-5-6-11(9-10)17-14(20)7-8-19-13-4-2-1-3-12(13)18-15(19)21/h1-4,10-11H,5-9,16H2,(H,17,20)(H,18,21)/t10-,11-/m1/s1. The third-order valence-electron chi connectivity index (χ3n) is 4.08. The molecule has 4 N–H and O–H groups in total. The number of carbonyl (C=O) groups is 1. The Balaban J connectivity index is 1.62. The summed E-state index contributed by atoms with van der Waals surface area (Å²) in [6.07, 6.45) is 3.05. The number of aromatic nitrogens is 2. The number of fused-ring (bicyclic) bond motifs is 1. The highest BCUT2D eigenvalue weighted by atomic mass is 16.2. The number of hydrogen-bond acceptors (Lipinski definition) is 3. The number of nitrogens with zero attached hydrogens (tertiary/aromatic N) is 1. The van der Waals surface area contributed by atoms with Crippen LogP contribution >= 0.6 is 0 Å². The van der Waals surface area contributed by atoms with Gasteiger partial charge < -0.3 is 16.0 Å². The molecule has 0 radical (unpaired) electrons. The van der Waals surface area contributed by atoms with Crippen LogP contribution < -0.4 is 16.7 Å². The molecule has 2 aromatic rings. The van der Waals surface area contributed by atoms with Gasteiger partial charge in [0.1, 0.15) is 0 Å². The number of benzene rings is 1. The summed E-state index contributed by atoms with van der Waals surface area (Å²) in [5, 5.41) is 2.99. The van der Waals surface area contributed by atoms with Crippen LogP contribution in [-0.2, 0) is 11.3 Å². The third kappa shape index (κ3) is 3.00. The van der Waals surface area contributed by atoms with E-state index in [4.69, 9.17) is 5.73 Å². The molecule has 21 heavy (non-hydrogen) atoms. The molecule has 3 rings (SSSR count). The average molecular weight is 288 g/mol. The van der Waals surface area contributed by atoms with Crippen molar-refractivity contribution < 1.29 is 4.79 Å². The van der Waals surface area contributed by atoms with E-state index in [9.17, 15) is 9.59 Å². The Morgan fingerprint density at radius 2 is 2.19 bits per heavy atom. The second-order valence-electron chi connectivity index (χ2n) is 5.69. The number of nitrogens with one attached hydrogen (secondary N) is 2. The van der Waals surface area contributed by atoms with E-state index in [1.165, 1.54) is 0 Å². The minimum absolute atomic E-state index is 0.0220. The van der Waals surface area contributed by atoms with Crippen LogP contribution in [0.25, 0.3) is 11.0 Å². The molecule has 0 spiro atoms. The van der Waals surface area contributed by atoms with Crippen LogP contribution in [0, 0.1) is 0 Å². The zero-order valence-electron chi connectivity index (χ0n) is 11.8. The molecule has 1 aliphatic carbocycles. The number of hydrogen-bond donors (Lipinski definition) is 3. The highest BCUT2D eigenvalue weighted by molar-refractivity contribution is 5.77. The summed E-state index contributed by atoms with van der Waals surface area (Å²) in [5.74, 6) is -0.0220. The Morgan fingerprint density at radius 1 is 1.38 bits per heavy atom. The van der Waals surface area contributed by atoms with Gasteiger partial charge in [0.25, 0.3) is 0 Å². The second kappa shape index (κ2) is 5.73. The lowest BCUT2D eigenvalue weighted by molar-refractivity contribution is -0.121. The topological polar surface area (TPSA) is 92.9 Å². The van der Waals surface area contributed by atoms with Gasteiger partial charge in [0.05, 0.1) is 11.0 Å². The molecular formula is C15H20N4O2. The van der Waals surface area contributed by atoms with Gasteiger partial charge in [0.2, 0.25) is 5.91 Å². The Labute approximate surface area is 122 Å². The lowest BCUT2D eigenvalue weighted by Crippen LogP contribution is -2.35. The van der Waals surface area contributed by atoms with E-state index in [0.717, 1.165) is 30.3 Å². The molecular weight excluding hydrogens is 268 g/mol. The molecule has 1 amide bonds.